The number of nitrogens with two attached hydrogens (primary N) is 1. The smallest absolute Gasteiger partial charge is 0.323 e. The van der Waals surface area contributed by atoms with E-state index in [2.05, 4.69) is 10.6 Å². The van der Waals surface area contributed by atoms with Crippen molar-refractivity contribution in [2.24, 2.45) is 5.73 Å². The number of amides is 4. The largest absolute Gasteiger partial charge is 0.497 e. The van der Waals surface area contributed by atoms with Crippen LogP contribution in [-0.2, 0) is 4.79 Å². The van der Waals surface area contributed by atoms with E-state index < -0.39 is 35.6 Å². The monoisotopic (exact) mass is 501 g/mol. The molecule has 1 aliphatic carbocycles. The summed E-state index contributed by atoms with van der Waals surface area (Å²) in [5.74, 6) is -2.50. The number of carbonyl (C=O) groups is 3. The van der Waals surface area contributed by atoms with Crippen molar-refractivity contribution in [3.63, 3.8) is 0 Å². The minimum absolute atomic E-state index is 0.0145. The predicted octanol–water partition coefficient (Wildman–Crippen LogP) is 2.68. The molecule has 1 aliphatic heterocycles. The Kier molecular flexibility index (Phi) is 7.68. The highest BCUT2D eigenvalue weighted by atomic mass is 19.1. The zero-order chi connectivity index (χ0) is 25.8. The van der Waals surface area contributed by atoms with Crippen molar-refractivity contribution in [3.8, 4) is 5.75 Å². The van der Waals surface area contributed by atoms with E-state index in [1.54, 1.807) is 24.3 Å². The van der Waals surface area contributed by atoms with Crippen LogP contribution in [-0.4, -0.2) is 66.1 Å². The van der Waals surface area contributed by atoms with Gasteiger partial charge in [0.05, 0.1) is 7.11 Å². The molecule has 192 valence electrons. The summed E-state index contributed by atoms with van der Waals surface area (Å²) in [4.78, 5) is 42.2. The SMILES string of the molecule is COc1ccc(NC(=O)N2CCN(C(=O)c3cc(F)cc(F)c3)C2C(=O)NC2CCC(N)CC2)cc1. The third kappa shape index (κ3) is 5.73. The first kappa shape index (κ1) is 25.4. The summed E-state index contributed by atoms with van der Waals surface area (Å²) in [6, 6.07) is 8.45. The predicted molar refractivity (Wildman–Crippen MR) is 128 cm³/mol. The Morgan fingerprint density at radius 2 is 1.56 bits per heavy atom. The summed E-state index contributed by atoms with van der Waals surface area (Å²) in [6.45, 7) is 0.0692. The first-order chi connectivity index (χ1) is 17.2. The minimum Gasteiger partial charge on any atom is -0.497 e. The number of methoxy groups -OCH3 is 1. The highest BCUT2D eigenvalue weighted by Gasteiger charge is 2.43. The van der Waals surface area contributed by atoms with Crippen molar-refractivity contribution in [1.82, 2.24) is 15.1 Å². The zero-order valence-corrected chi connectivity index (χ0v) is 19.9. The van der Waals surface area contributed by atoms with Gasteiger partial charge in [0, 0.05) is 42.5 Å². The second-order valence-electron chi connectivity index (χ2n) is 9.00. The number of nitrogens with zero attached hydrogens (tertiary/aromatic N) is 2. The van der Waals surface area contributed by atoms with E-state index in [1.807, 2.05) is 0 Å². The van der Waals surface area contributed by atoms with Gasteiger partial charge in [-0.2, -0.15) is 0 Å². The number of rotatable bonds is 5. The molecule has 36 heavy (non-hydrogen) atoms. The molecular formula is C25H29F2N5O4. The fraction of sp³-hybridized carbons (Fsp3) is 0.400. The lowest BCUT2D eigenvalue weighted by molar-refractivity contribution is -0.128. The molecule has 1 saturated carbocycles. The van der Waals surface area contributed by atoms with Crippen molar-refractivity contribution >= 4 is 23.5 Å². The Hall–Kier alpha value is -3.73. The van der Waals surface area contributed by atoms with Crippen LogP contribution in [0.3, 0.4) is 0 Å². The normalized spacial score (nSPS) is 21.7. The summed E-state index contributed by atoms with van der Waals surface area (Å²) in [5, 5.41) is 5.65. The van der Waals surface area contributed by atoms with E-state index in [0.717, 1.165) is 29.9 Å². The summed E-state index contributed by atoms with van der Waals surface area (Å²) < 4.78 is 32.7. The van der Waals surface area contributed by atoms with E-state index in [4.69, 9.17) is 10.5 Å². The first-order valence-corrected chi connectivity index (χ1v) is 11.8. The molecule has 2 aromatic carbocycles. The third-order valence-corrected chi connectivity index (χ3v) is 6.50. The molecule has 0 bridgehead atoms. The van der Waals surface area contributed by atoms with Gasteiger partial charge in [0.1, 0.15) is 17.4 Å². The number of hydrogen-bond donors (Lipinski definition) is 3. The van der Waals surface area contributed by atoms with E-state index in [-0.39, 0.29) is 30.7 Å². The topological polar surface area (TPSA) is 117 Å². The van der Waals surface area contributed by atoms with Crippen LogP contribution in [0.5, 0.6) is 5.75 Å². The number of anilines is 1. The van der Waals surface area contributed by atoms with Crippen LogP contribution >= 0.6 is 0 Å². The molecule has 4 rings (SSSR count). The quantitative estimate of drug-likeness (QED) is 0.583. The molecule has 2 aliphatic rings. The minimum atomic E-state index is -1.29. The van der Waals surface area contributed by atoms with Crippen LogP contribution in [0.2, 0.25) is 0 Å². The number of urea groups is 1. The molecule has 4 amide bonds. The Bertz CT molecular complexity index is 1100. The van der Waals surface area contributed by atoms with Gasteiger partial charge in [-0.05, 0) is 62.1 Å². The maximum absolute atomic E-state index is 13.8. The maximum atomic E-state index is 13.8. The van der Waals surface area contributed by atoms with E-state index in [9.17, 15) is 23.2 Å². The van der Waals surface area contributed by atoms with Gasteiger partial charge >= 0.3 is 6.03 Å². The van der Waals surface area contributed by atoms with E-state index in [0.29, 0.717) is 30.3 Å². The summed E-state index contributed by atoms with van der Waals surface area (Å²) >= 11 is 0. The standard InChI is InChI=1S/C25H29F2N5O4/c1-36-21-8-6-20(7-9-21)30-25(35)32-11-10-31(24(34)15-12-16(26)14-17(27)13-15)23(32)22(33)29-19-4-2-18(28)3-5-19/h6-9,12-14,18-19,23H,2-5,10-11,28H2,1H3,(H,29,33)(H,30,35). The van der Waals surface area contributed by atoms with Gasteiger partial charge < -0.3 is 26.0 Å². The zero-order valence-electron chi connectivity index (χ0n) is 19.9. The van der Waals surface area contributed by atoms with Crippen LogP contribution in [0.25, 0.3) is 0 Å². The Balaban J connectivity index is 1.56. The second-order valence-corrected chi connectivity index (χ2v) is 9.00. The van der Waals surface area contributed by atoms with Crippen molar-refractivity contribution in [3.05, 3.63) is 59.7 Å². The average molecular weight is 502 g/mol. The Labute approximate surface area is 207 Å². The van der Waals surface area contributed by atoms with Gasteiger partial charge in [0.2, 0.25) is 0 Å². The highest BCUT2D eigenvalue weighted by Crippen LogP contribution is 2.24. The summed E-state index contributed by atoms with van der Waals surface area (Å²) in [7, 11) is 1.52. The lowest BCUT2D eigenvalue weighted by Gasteiger charge is -2.32. The lowest BCUT2D eigenvalue weighted by Crippen LogP contribution is -2.56. The third-order valence-electron chi connectivity index (χ3n) is 6.50. The van der Waals surface area contributed by atoms with E-state index in [1.165, 1.54) is 12.0 Å². The van der Waals surface area contributed by atoms with Gasteiger partial charge in [-0.1, -0.05) is 0 Å². The van der Waals surface area contributed by atoms with Crippen LogP contribution in [0, 0.1) is 11.6 Å². The molecule has 4 N–H and O–H groups in total. The molecule has 1 unspecified atom stereocenters. The molecule has 0 radical (unpaired) electrons. The van der Waals surface area contributed by atoms with Crippen molar-refractivity contribution in [1.29, 1.82) is 0 Å². The molecule has 1 atom stereocenters. The molecule has 1 saturated heterocycles. The van der Waals surface area contributed by atoms with Crippen molar-refractivity contribution in [2.75, 3.05) is 25.5 Å². The molecule has 2 fully saturated rings. The number of halogens is 2. The first-order valence-electron chi connectivity index (χ1n) is 11.8. The molecule has 0 spiro atoms. The van der Waals surface area contributed by atoms with Gasteiger partial charge in [-0.3, -0.25) is 14.5 Å². The number of carbonyl (C=O) groups excluding carboxylic acids is 3. The van der Waals surface area contributed by atoms with Crippen molar-refractivity contribution in [2.45, 2.75) is 43.9 Å². The summed E-state index contributed by atoms with van der Waals surface area (Å²) in [5.41, 5.74) is 6.18. The molecule has 0 aromatic heterocycles. The Morgan fingerprint density at radius 3 is 2.17 bits per heavy atom. The number of nitrogens with one attached hydrogen (secondary N) is 2. The molecule has 11 heteroatoms. The highest BCUT2D eigenvalue weighted by molar-refractivity contribution is 6.00. The maximum Gasteiger partial charge on any atom is 0.323 e. The van der Waals surface area contributed by atoms with Gasteiger partial charge in [-0.15, -0.1) is 0 Å². The molecular weight excluding hydrogens is 472 g/mol. The van der Waals surface area contributed by atoms with E-state index >= 15 is 0 Å². The number of ether oxygens (including phenoxy) is 1. The fourth-order valence-corrected chi connectivity index (χ4v) is 4.59. The van der Waals surface area contributed by atoms with Gasteiger partial charge in [-0.25, -0.2) is 13.6 Å². The van der Waals surface area contributed by atoms with Crippen LogP contribution in [0.15, 0.2) is 42.5 Å². The number of benzene rings is 2. The van der Waals surface area contributed by atoms with Gasteiger partial charge in [0.15, 0.2) is 6.17 Å². The average Bonchev–Trinajstić information content (AvgIpc) is 3.30. The van der Waals surface area contributed by atoms with Crippen LogP contribution < -0.4 is 21.1 Å². The van der Waals surface area contributed by atoms with Crippen LogP contribution in [0.1, 0.15) is 36.0 Å². The van der Waals surface area contributed by atoms with Gasteiger partial charge in [0.25, 0.3) is 11.8 Å². The molecule has 1 heterocycles. The Morgan fingerprint density at radius 1 is 0.944 bits per heavy atom. The fourth-order valence-electron chi connectivity index (χ4n) is 4.59. The number of hydrogen-bond acceptors (Lipinski definition) is 5. The second kappa shape index (κ2) is 10.9. The molecule has 2 aromatic rings. The van der Waals surface area contributed by atoms with Crippen LogP contribution in [0.4, 0.5) is 19.3 Å². The molecule has 9 nitrogen and oxygen atoms in total. The summed E-state index contributed by atoms with van der Waals surface area (Å²) in [6.07, 6.45) is 1.57. The lowest BCUT2D eigenvalue weighted by atomic mass is 9.92. The van der Waals surface area contributed by atoms with Crippen molar-refractivity contribution < 1.29 is 27.9 Å².